The third-order valence-corrected chi connectivity index (χ3v) is 6.95. The summed E-state index contributed by atoms with van der Waals surface area (Å²) in [5.41, 5.74) is 0.949. The first-order chi connectivity index (χ1) is 16.7. The number of carboxylic acid groups (broad SMARTS) is 1. The Morgan fingerprint density at radius 3 is 2.71 bits per heavy atom. The van der Waals surface area contributed by atoms with Gasteiger partial charge in [-0.3, -0.25) is 19.3 Å². The lowest BCUT2D eigenvalue weighted by Gasteiger charge is -2.49. The van der Waals surface area contributed by atoms with Crippen molar-refractivity contribution in [2.45, 2.75) is 31.9 Å². The molecule has 0 unspecified atom stereocenters. The van der Waals surface area contributed by atoms with E-state index in [0.717, 1.165) is 10.5 Å². The molecule has 35 heavy (non-hydrogen) atoms. The van der Waals surface area contributed by atoms with E-state index >= 15 is 0 Å². The zero-order valence-electron chi connectivity index (χ0n) is 18.7. The van der Waals surface area contributed by atoms with Crippen LogP contribution in [0, 0.1) is 6.92 Å². The van der Waals surface area contributed by atoms with Gasteiger partial charge in [-0.25, -0.2) is 4.79 Å². The normalized spacial score (nSPS) is 19.1. The van der Waals surface area contributed by atoms with Crippen molar-refractivity contribution in [2.24, 2.45) is 0 Å². The Balaban J connectivity index is 1.38. The Kier molecular flexibility index (Phi) is 7.08. The van der Waals surface area contributed by atoms with E-state index in [1.807, 2.05) is 6.92 Å². The Morgan fingerprint density at radius 2 is 2.03 bits per heavy atom. The van der Waals surface area contributed by atoms with Gasteiger partial charge in [-0.05, 0) is 42.8 Å². The van der Waals surface area contributed by atoms with Crippen LogP contribution in [-0.2, 0) is 25.7 Å². The minimum atomic E-state index is -1.30. The summed E-state index contributed by atoms with van der Waals surface area (Å²) in [6.07, 6.45) is 0. The van der Waals surface area contributed by atoms with Gasteiger partial charge in [0.05, 0.1) is 0 Å². The molecule has 184 valence electrons. The predicted octanol–water partition coefficient (Wildman–Crippen LogP) is 2.74. The molecule has 2 aromatic rings. The Labute approximate surface area is 209 Å². The molecule has 1 aromatic heterocycles. The number of benzene rings is 1. The standard InChI is InChI=1S/C23H21ClN2O8S/c1-11-7-14(24)3-5-16(11)33-9-15-4-6-17(34-15)20(28)25-18-21(29)26-19(23(30)31)13(8-32-12(2)27)10-35-22(18)26/h3-7,18,22H,8-10H2,1-2H3,(H,25,28)(H,30,31)/t18-,22-/m1/s1. The second-order valence-electron chi connectivity index (χ2n) is 7.86. The number of esters is 1. The van der Waals surface area contributed by atoms with Crippen LogP contribution >= 0.6 is 23.4 Å². The molecule has 4 rings (SSSR count). The van der Waals surface area contributed by atoms with Crippen molar-refractivity contribution in [2.75, 3.05) is 12.4 Å². The zero-order valence-corrected chi connectivity index (χ0v) is 20.3. The van der Waals surface area contributed by atoms with Crippen LogP contribution in [0.2, 0.25) is 5.02 Å². The monoisotopic (exact) mass is 520 g/mol. The number of halogens is 1. The second kappa shape index (κ2) is 10.0. The van der Waals surface area contributed by atoms with E-state index in [4.69, 9.17) is 25.5 Å². The highest BCUT2D eigenvalue weighted by Crippen LogP contribution is 2.40. The molecule has 0 bridgehead atoms. The van der Waals surface area contributed by atoms with Crippen molar-refractivity contribution < 1.29 is 38.2 Å². The number of rotatable bonds is 8. The molecule has 0 aliphatic carbocycles. The van der Waals surface area contributed by atoms with Crippen LogP contribution in [0.4, 0.5) is 0 Å². The fourth-order valence-electron chi connectivity index (χ4n) is 3.70. The van der Waals surface area contributed by atoms with Gasteiger partial charge in [-0.2, -0.15) is 0 Å². The quantitative estimate of drug-likeness (QED) is 0.397. The molecule has 2 atom stereocenters. The van der Waals surface area contributed by atoms with E-state index in [-0.39, 0.29) is 30.4 Å². The number of nitrogens with one attached hydrogen (secondary N) is 1. The molecule has 1 aromatic carbocycles. The molecule has 2 aliphatic heterocycles. The van der Waals surface area contributed by atoms with E-state index in [0.29, 0.717) is 22.1 Å². The van der Waals surface area contributed by atoms with Gasteiger partial charge in [0, 0.05) is 23.3 Å². The molecule has 12 heteroatoms. The summed E-state index contributed by atoms with van der Waals surface area (Å²) in [6, 6.07) is 7.36. The number of ether oxygens (including phenoxy) is 2. The number of amides is 2. The number of nitrogens with zero attached hydrogens (tertiary/aromatic N) is 1. The molecule has 0 spiro atoms. The summed E-state index contributed by atoms with van der Waals surface area (Å²) in [6.45, 7) is 2.94. The van der Waals surface area contributed by atoms with Gasteiger partial charge in [-0.1, -0.05) is 11.6 Å². The summed E-state index contributed by atoms with van der Waals surface area (Å²) in [5.74, 6) is -1.77. The Hall–Kier alpha value is -3.44. The average Bonchev–Trinajstić information content (AvgIpc) is 3.28. The summed E-state index contributed by atoms with van der Waals surface area (Å²) < 4.78 is 16.2. The molecule has 1 fully saturated rings. The van der Waals surface area contributed by atoms with Gasteiger partial charge >= 0.3 is 11.9 Å². The topological polar surface area (TPSA) is 135 Å². The average molecular weight is 521 g/mol. The molecule has 2 amide bonds. The number of carbonyl (C=O) groups is 4. The molecule has 3 heterocycles. The van der Waals surface area contributed by atoms with E-state index in [9.17, 15) is 24.3 Å². The lowest BCUT2D eigenvalue weighted by molar-refractivity contribution is -0.149. The van der Waals surface area contributed by atoms with Gasteiger partial charge in [0.1, 0.15) is 41.8 Å². The number of fused-ring (bicyclic) bond motifs is 1. The first kappa shape index (κ1) is 24.7. The maximum absolute atomic E-state index is 12.7. The molecule has 10 nitrogen and oxygen atoms in total. The molecular formula is C23H21ClN2O8S. The lowest BCUT2D eigenvalue weighted by Crippen LogP contribution is -2.70. The summed E-state index contributed by atoms with van der Waals surface area (Å²) >= 11 is 7.22. The van der Waals surface area contributed by atoms with Crippen LogP contribution in [0.1, 0.15) is 28.8 Å². The third kappa shape index (κ3) is 5.15. The minimum absolute atomic E-state index is 0.00645. The first-order valence-corrected chi connectivity index (χ1v) is 11.9. The summed E-state index contributed by atoms with van der Waals surface area (Å²) in [7, 11) is 0. The number of aliphatic carboxylic acids is 1. The van der Waals surface area contributed by atoms with Crippen molar-refractivity contribution in [3.05, 3.63) is 63.7 Å². The molecule has 0 saturated carbocycles. The Morgan fingerprint density at radius 1 is 1.26 bits per heavy atom. The maximum Gasteiger partial charge on any atom is 0.352 e. The van der Waals surface area contributed by atoms with Gasteiger partial charge in [-0.15, -0.1) is 11.8 Å². The van der Waals surface area contributed by atoms with Gasteiger partial charge in [0.25, 0.3) is 11.8 Å². The number of β-lactam (4-membered cyclic amide) rings is 1. The maximum atomic E-state index is 12.7. The minimum Gasteiger partial charge on any atom is -0.485 e. The van der Waals surface area contributed by atoms with E-state index in [1.165, 1.54) is 24.8 Å². The van der Waals surface area contributed by atoms with Crippen molar-refractivity contribution in [3.8, 4) is 5.75 Å². The van der Waals surface area contributed by atoms with E-state index in [1.54, 1.807) is 24.3 Å². The largest absolute Gasteiger partial charge is 0.485 e. The molecule has 0 radical (unpaired) electrons. The fourth-order valence-corrected chi connectivity index (χ4v) is 5.25. The highest BCUT2D eigenvalue weighted by Gasteiger charge is 2.54. The van der Waals surface area contributed by atoms with Crippen LogP contribution in [0.5, 0.6) is 5.75 Å². The van der Waals surface area contributed by atoms with Crippen molar-refractivity contribution in [3.63, 3.8) is 0 Å². The van der Waals surface area contributed by atoms with Crippen molar-refractivity contribution in [1.29, 1.82) is 0 Å². The number of hydrogen-bond donors (Lipinski definition) is 2. The molecule has 2 aliphatic rings. The second-order valence-corrected chi connectivity index (χ2v) is 9.40. The van der Waals surface area contributed by atoms with Crippen LogP contribution in [0.3, 0.4) is 0 Å². The van der Waals surface area contributed by atoms with Crippen LogP contribution in [0.15, 0.2) is 46.0 Å². The molecule has 2 N–H and O–H groups in total. The van der Waals surface area contributed by atoms with E-state index in [2.05, 4.69) is 5.32 Å². The number of carboxylic acids is 1. The van der Waals surface area contributed by atoms with Crippen molar-refractivity contribution >= 4 is 47.1 Å². The smallest absolute Gasteiger partial charge is 0.352 e. The number of hydrogen-bond acceptors (Lipinski definition) is 8. The SMILES string of the molecule is CC(=O)OCC1=C(C(=O)O)N2C(=O)[C@@H](NC(=O)c3ccc(COc4ccc(Cl)cc4C)o3)[C@H]2SC1. The van der Waals surface area contributed by atoms with E-state index < -0.39 is 35.2 Å². The number of aryl methyl sites for hydroxylation is 1. The fraction of sp³-hybridized carbons (Fsp3) is 0.304. The van der Waals surface area contributed by atoms with Crippen LogP contribution in [0.25, 0.3) is 0 Å². The third-order valence-electron chi connectivity index (χ3n) is 5.38. The summed E-state index contributed by atoms with van der Waals surface area (Å²) in [5, 5.41) is 12.2. The highest BCUT2D eigenvalue weighted by atomic mass is 35.5. The first-order valence-electron chi connectivity index (χ1n) is 10.5. The van der Waals surface area contributed by atoms with Gasteiger partial charge in [0.15, 0.2) is 5.76 Å². The zero-order chi connectivity index (χ0) is 25.3. The summed E-state index contributed by atoms with van der Waals surface area (Å²) in [4.78, 5) is 49.4. The molecule has 1 saturated heterocycles. The number of furan rings is 1. The number of carbonyl (C=O) groups excluding carboxylic acids is 3. The number of thioether (sulfide) groups is 1. The Bertz CT molecular complexity index is 1240. The van der Waals surface area contributed by atoms with Gasteiger partial charge in [0.2, 0.25) is 0 Å². The van der Waals surface area contributed by atoms with Crippen molar-refractivity contribution in [1.82, 2.24) is 10.2 Å². The van der Waals surface area contributed by atoms with Crippen LogP contribution < -0.4 is 10.1 Å². The van der Waals surface area contributed by atoms with Crippen LogP contribution in [-0.4, -0.2) is 57.5 Å². The molecular weight excluding hydrogens is 500 g/mol. The van der Waals surface area contributed by atoms with Gasteiger partial charge < -0.3 is 24.3 Å². The lowest BCUT2D eigenvalue weighted by atomic mass is 10.0. The predicted molar refractivity (Wildman–Crippen MR) is 125 cm³/mol. The highest BCUT2D eigenvalue weighted by molar-refractivity contribution is 8.00.